The van der Waals surface area contributed by atoms with E-state index < -0.39 is 26.7 Å². The van der Waals surface area contributed by atoms with Crippen molar-refractivity contribution in [1.29, 1.82) is 0 Å². The molecule has 0 bridgehead atoms. The third-order valence-electron chi connectivity index (χ3n) is 5.69. The predicted molar refractivity (Wildman–Crippen MR) is 144 cm³/mol. The Hall–Kier alpha value is -2.70. The van der Waals surface area contributed by atoms with Crippen molar-refractivity contribution in [1.82, 2.24) is 0 Å². The Morgan fingerprint density at radius 2 is 1.77 bits per heavy atom. The largest absolute Gasteiger partial charge is 1.00 e. The second-order valence-electron chi connectivity index (χ2n) is 8.06. The first-order valence-corrected chi connectivity index (χ1v) is 13.3. The standard InChI is InChI=1S/C26H21Cl2N3O6S.Na/c1-3-14-11-20(28)23(38(34,35)36)13-22(14)30-31-24-17-7-5-4-6-15(17)10-18(25(24)32)26(33)29-21-9-8-16(37-2)12-19(21)27;/h4-13,32H,3H2,1-2H3,(H,29,33)(H,34,35,36);/q;+1/p-1. The molecule has 0 fully saturated rings. The van der Waals surface area contributed by atoms with Crippen LogP contribution in [0.15, 0.2) is 75.8 Å². The van der Waals surface area contributed by atoms with Crippen LogP contribution in [0.3, 0.4) is 0 Å². The van der Waals surface area contributed by atoms with Crippen LogP contribution < -0.4 is 44.7 Å². The molecule has 0 radical (unpaired) electrons. The molecule has 196 valence electrons. The molecule has 39 heavy (non-hydrogen) atoms. The minimum atomic E-state index is -4.63. The van der Waals surface area contributed by atoms with Crippen molar-refractivity contribution < 1.29 is 57.2 Å². The van der Waals surface area contributed by atoms with Crippen LogP contribution in [0, 0.1) is 0 Å². The number of azo groups is 1. The summed E-state index contributed by atoms with van der Waals surface area (Å²) in [5, 5.41) is 25.3. The van der Waals surface area contributed by atoms with E-state index in [4.69, 9.17) is 27.9 Å². The zero-order valence-corrected chi connectivity index (χ0v) is 25.4. The molecule has 4 rings (SSSR count). The summed E-state index contributed by atoms with van der Waals surface area (Å²) in [5.41, 5.74) is 0.577. The molecule has 0 aliphatic rings. The number of methoxy groups -OCH3 is 1. The van der Waals surface area contributed by atoms with Gasteiger partial charge < -0.3 is 15.2 Å². The number of carbonyl (C=O) groups excluding carboxylic acids is 1. The molecule has 0 spiro atoms. The fraction of sp³-hybridized carbons (Fsp3) is 0.115. The number of nitrogens with one attached hydrogen (secondary N) is 1. The molecule has 0 aliphatic carbocycles. The van der Waals surface area contributed by atoms with Gasteiger partial charge in [-0.05, 0) is 47.7 Å². The number of anilines is 1. The van der Waals surface area contributed by atoms with Crippen LogP contribution in [0.25, 0.3) is 10.8 Å². The van der Waals surface area contributed by atoms with Crippen molar-refractivity contribution in [2.45, 2.75) is 18.2 Å². The number of fused-ring (bicyclic) bond motifs is 1. The predicted octanol–water partition coefficient (Wildman–Crippen LogP) is 3.71. The maximum Gasteiger partial charge on any atom is 1.00 e. The number of aryl methyl sites for hydroxylation is 1. The van der Waals surface area contributed by atoms with Crippen molar-refractivity contribution in [3.05, 3.63) is 81.8 Å². The molecule has 0 heterocycles. The van der Waals surface area contributed by atoms with Gasteiger partial charge in [-0.15, -0.1) is 0 Å². The Labute approximate surface area is 256 Å². The number of nitrogens with zero attached hydrogens (tertiary/aromatic N) is 2. The summed E-state index contributed by atoms with van der Waals surface area (Å²) in [7, 11) is -3.15. The molecule has 4 aromatic carbocycles. The second-order valence-corrected chi connectivity index (χ2v) is 10.3. The molecule has 2 N–H and O–H groups in total. The smallest absolute Gasteiger partial charge is 0.870 e. The topological polar surface area (TPSA) is 140 Å². The second kappa shape index (κ2) is 12.6. The number of halogens is 2. The fourth-order valence-electron chi connectivity index (χ4n) is 3.75. The number of amides is 1. The van der Waals surface area contributed by atoms with Crippen LogP contribution in [-0.4, -0.2) is 26.0 Å². The van der Waals surface area contributed by atoms with Crippen LogP contribution in [0.4, 0.5) is 17.1 Å². The number of rotatable bonds is 7. The molecular weight excluding hydrogens is 576 g/mol. The Kier molecular flexibility index (Phi) is 10.0. The SMILES string of the molecule is CCc1cc(Cl)c(S(=O)(=O)O)cc1N=Nc1c([O-])c(C(=O)Nc2ccc(OC)cc2Cl)cc2ccccc12.[Na+]. The summed E-state index contributed by atoms with van der Waals surface area (Å²) in [6, 6.07) is 15.4. The van der Waals surface area contributed by atoms with Gasteiger partial charge in [-0.1, -0.05) is 60.1 Å². The van der Waals surface area contributed by atoms with E-state index in [9.17, 15) is 22.9 Å². The molecule has 1 amide bonds. The number of benzene rings is 4. The molecule has 4 aromatic rings. The zero-order chi connectivity index (χ0) is 27.6. The number of ether oxygens (including phenoxy) is 1. The summed E-state index contributed by atoms with van der Waals surface area (Å²) < 4.78 is 38.1. The van der Waals surface area contributed by atoms with Crippen LogP contribution in [0.1, 0.15) is 22.8 Å². The van der Waals surface area contributed by atoms with Gasteiger partial charge in [0, 0.05) is 17.0 Å². The average molecular weight is 596 g/mol. The Balaban J connectivity index is 0.00000420. The van der Waals surface area contributed by atoms with Gasteiger partial charge >= 0.3 is 29.6 Å². The van der Waals surface area contributed by atoms with Gasteiger partial charge in [-0.3, -0.25) is 9.35 Å². The van der Waals surface area contributed by atoms with E-state index >= 15 is 0 Å². The maximum atomic E-state index is 13.4. The molecule has 9 nitrogen and oxygen atoms in total. The zero-order valence-electron chi connectivity index (χ0n) is 21.0. The Bertz CT molecular complexity index is 1710. The van der Waals surface area contributed by atoms with Crippen molar-refractivity contribution in [3.63, 3.8) is 0 Å². The summed E-state index contributed by atoms with van der Waals surface area (Å²) in [6.45, 7) is 1.79. The van der Waals surface area contributed by atoms with Crippen LogP contribution in [-0.2, 0) is 16.5 Å². The van der Waals surface area contributed by atoms with Crippen LogP contribution in [0.2, 0.25) is 10.0 Å². The molecule has 0 unspecified atom stereocenters. The Morgan fingerprint density at radius 1 is 1.05 bits per heavy atom. The van der Waals surface area contributed by atoms with E-state index in [-0.39, 0.29) is 62.2 Å². The molecule has 0 atom stereocenters. The summed E-state index contributed by atoms with van der Waals surface area (Å²) in [4.78, 5) is 12.6. The van der Waals surface area contributed by atoms with Crippen LogP contribution in [0.5, 0.6) is 11.5 Å². The molecule has 0 saturated carbocycles. The number of hydrogen-bond acceptors (Lipinski definition) is 7. The molecular formula is C26H20Cl2N3NaO6S. The van der Waals surface area contributed by atoms with Gasteiger partial charge in [0.25, 0.3) is 16.0 Å². The summed E-state index contributed by atoms with van der Waals surface area (Å²) in [6.07, 6.45) is 0.413. The van der Waals surface area contributed by atoms with Gasteiger partial charge in [-0.2, -0.15) is 18.6 Å². The van der Waals surface area contributed by atoms with E-state index in [1.54, 1.807) is 43.3 Å². The first-order chi connectivity index (χ1) is 18.0. The number of carbonyl (C=O) groups is 1. The molecule has 0 aliphatic heterocycles. The van der Waals surface area contributed by atoms with Gasteiger partial charge in [-0.25, -0.2) is 0 Å². The number of hydrogen-bond donors (Lipinski definition) is 2. The van der Waals surface area contributed by atoms with Crippen molar-refractivity contribution in [2.24, 2.45) is 10.2 Å². The molecule has 0 aromatic heterocycles. The maximum absolute atomic E-state index is 13.4. The summed E-state index contributed by atoms with van der Waals surface area (Å²) >= 11 is 12.2. The van der Waals surface area contributed by atoms with Gasteiger partial charge in [0.2, 0.25) is 0 Å². The quantitative estimate of drug-likeness (QED) is 0.189. The van der Waals surface area contributed by atoms with E-state index in [1.807, 2.05) is 0 Å². The third kappa shape index (κ3) is 6.72. The van der Waals surface area contributed by atoms with E-state index in [0.29, 0.717) is 28.5 Å². The van der Waals surface area contributed by atoms with Crippen LogP contribution >= 0.6 is 23.2 Å². The third-order valence-corrected chi connectivity index (χ3v) is 7.33. The van der Waals surface area contributed by atoms with E-state index in [0.717, 1.165) is 6.07 Å². The van der Waals surface area contributed by atoms with Crippen molar-refractivity contribution in [3.8, 4) is 11.5 Å². The molecule has 13 heteroatoms. The van der Waals surface area contributed by atoms with Gasteiger partial charge in [0.1, 0.15) is 10.6 Å². The minimum Gasteiger partial charge on any atom is -0.870 e. The van der Waals surface area contributed by atoms with Gasteiger partial charge in [0.05, 0.1) is 34.2 Å². The van der Waals surface area contributed by atoms with Crippen molar-refractivity contribution >= 4 is 67.1 Å². The monoisotopic (exact) mass is 595 g/mol. The normalized spacial score (nSPS) is 11.4. The first-order valence-electron chi connectivity index (χ1n) is 11.1. The first kappa shape index (κ1) is 30.8. The Morgan fingerprint density at radius 3 is 2.41 bits per heavy atom. The van der Waals surface area contributed by atoms with E-state index in [2.05, 4.69) is 15.5 Å². The van der Waals surface area contributed by atoms with E-state index in [1.165, 1.54) is 25.3 Å². The average Bonchev–Trinajstić information content (AvgIpc) is 2.88. The summed E-state index contributed by atoms with van der Waals surface area (Å²) in [5.74, 6) is -0.910. The van der Waals surface area contributed by atoms with Gasteiger partial charge in [0.15, 0.2) is 0 Å². The molecule has 0 saturated heterocycles. The van der Waals surface area contributed by atoms with Crippen molar-refractivity contribution in [2.75, 3.05) is 12.4 Å². The fourth-order valence-corrected chi connectivity index (χ4v) is 5.02. The minimum absolute atomic E-state index is 0.